The number of likely N-dealkylation sites (tertiary alicyclic amines) is 1. The summed E-state index contributed by atoms with van der Waals surface area (Å²) in [5.74, 6) is 0.562. The number of H-pyrrole nitrogens is 1. The predicted octanol–water partition coefficient (Wildman–Crippen LogP) is 3.59. The Morgan fingerprint density at radius 2 is 2.14 bits per heavy atom. The van der Waals surface area contributed by atoms with Crippen LogP contribution in [-0.4, -0.2) is 29.0 Å². The number of carbonyl (C=O) groups is 1. The number of rotatable bonds is 3. The van der Waals surface area contributed by atoms with Gasteiger partial charge in [-0.2, -0.15) is 0 Å². The summed E-state index contributed by atoms with van der Waals surface area (Å²) in [6.45, 7) is 8.15. The van der Waals surface area contributed by atoms with Gasteiger partial charge in [0.1, 0.15) is 5.82 Å². The minimum atomic E-state index is -0.174. The highest BCUT2D eigenvalue weighted by Crippen LogP contribution is 2.25. The molecule has 0 spiro atoms. The summed E-state index contributed by atoms with van der Waals surface area (Å²) < 4.78 is 14.0. The van der Waals surface area contributed by atoms with Crippen molar-refractivity contribution in [1.29, 1.82) is 0 Å². The Kier molecular flexibility index (Phi) is 3.81. The number of hydrogen-bond acceptors (Lipinski definition) is 1. The van der Waals surface area contributed by atoms with Crippen molar-refractivity contribution in [2.75, 3.05) is 13.1 Å². The Hall–Kier alpha value is -2.04. The molecule has 0 saturated carbocycles. The second kappa shape index (κ2) is 5.63. The lowest BCUT2D eigenvalue weighted by Crippen LogP contribution is -2.52. The Bertz CT molecular complexity index is 701. The molecule has 4 nitrogen and oxygen atoms in total. The average molecular weight is 303 g/mol. The fourth-order valence-corrected chi connectivity index (χ4v) is 2.91. The zero-order valence-corrected chi connectivity index (χ0v) is 13.2. The van der Waals surface area contributed by atoms with Crippen LogP contribution in [0.3, 0.4) is 0 Å². The maximum atomic E-state index is 14.0. The number of benzene rings is 1. The smallest absolute Gasteiger partial charge is 0.317 e. The molecule has 1 aromatic carbocycles. The van der Waals surface area contributed by atoms with Gasteiger partial charge in [-0.1, -0.05) is 20.8 Å². The van der Waals surface area contributed by atoms with Crippen LogP contribution in [0.4, 0.5) is 9.18 Å². The number of amides is 2. The van der Waals surface area contributed by atoms with Gasteiger partial charge in [-0.3, -0.25) is 0 Å². The fourth-order valence-electron chi connectivity index (χ4n) is 2.91. The van der Waals surface area contributed by atoms with Crippen LogP contribution in [0.5, 0.6) is 0 Å². The van der Waals surface area contributed by atoms with Crippen LogP contribution in [0.2, 0.25) is 0 Å². The number of aromatic amines is 1. The first-order valence-corrected chi connectivity index (χ1v) is 7.78. The molecule has 1 saturated heterocycles. The molecule has 2 amide bonds. The molecule has 1 fully saturated rings. The Morgan fingerprint density at radius 3 is 2.77 bits per heavy atom. The second-order valence-corrected chi connectivity index (χ2v) is 6.58. The van der Waals surface area contributed by atoms with Crippen LogP contribution in [0.25, 0.3) is 10.9 Å². The van der Waals surface area contributed by atoms with Crippen LogP contribution in [-0.2, 0) is 6.54 Å². The van der Waals surface area contributed by atoms with Crippen molar-refractivity contribution in [2.45, 2.75) is 33.2 Å². The first-order valence-electron chi connectivity index (χ1n) is 7.78. The summed E-state index contributed by atoms with van der Waals surface area (Å²) in [7, 11) is 0. The Labute approximate surface area is 129 Å². The Balaban J connectivity index is 1.71. The summed E-state index contributed by atoms with van der Waals surface area (Å²) in [6, 6.07) is 5.27. The lowest BCUT2D eigenvalue weighted by atomic mass is 10.0. The third-order valence-electron chi connectivity index (χ3n) is 4.20. The zero-order valence-electron chi connectivity index (χ0n) is 13.2. The topological polar surface area (TPSA) is 48.1 Å². The predicted molar refractivity (Wildman–Crippen MR) is 85.3 cm³/mol. The highest BCUT2D eigenvalue weighted by Gasteiger charge is 2.26. The molecular weight excluding hydrogens is 281 g/mol. The highest BCUT2D eigenvalue weighted by atomic mass is 19.1. The molecule has 118 valence electrons. The van der Waals surface area contributed by atoms with E-state index in [2.05, 4.69) is 17.2 Å². The van der Waals surface area contributed by atoms with Crippen LogP contribution < -0.4 is 5.32 Å². The van der Waals surface area contributed by atoms with Crippen LogP contribution in [0, 0.1) is 11.7 Å². The normalized spacial score (nSPS) is 15.4. The van der Waals surface area contributed by atoms with Gasteiger partial charge in [0.05, 0.1) is 6.54 Å². The van der Waals surface area contributed by atoms with Gasteiger partial charge in [0.2, 0.25) is 0 Å². The van der Waals surface area contributed by atoms with Gasteiger partial charge in [-0.25, -0.2) is 9.18 Å². The molecule has 2 N–H and O–H groups in total. The van der Waals surface area contributed by atoms with E-state index in [0.29, 0.717) is 18.0 Å². The van der Waals surface area contributed by atoms with Crippen molar-refractivity contribution in [3.05, 3.63) is 35.3 Å². The molecule has 5 heteroatoms. The van der Waals surface area contributed by atoms with E-state index in [4.69, 9.17) is 0 Å². The van der Waals surface area contributed by atoms with Crippen molar-refractivity contribution in [2.24, 2.45) is 5.92 Å². The summed E-state index contributed by atoms with van der Waals surface area (Å²) in [6.07, 6.45) is 0. The lowest BCUT2D eigenvalue weighted by Gasteiger charge is -2.36. The van der Waals surface area contributed by atoms with Gasteiger partial charge in [-0.05, 0) is 35.6 Å². The minimum Gasteiger partial charge on any atom is -0.357 e. The van der Waals surface area contributed by atoms with Gasteiger partial charge < -0.3 is 15.2 Å². The monoisotopic (exact) mass is 303 g/mol. The van der Waals surface area contributed by atoms with E-state index >= 15 is 0 Å². The zero-order chi connectivity index (χ0) is 15.9. The molecule has 22 heavy (non-hydrogen) atoms. The number of urea groups is 1. The molecule has 1 aliphatic heterocycles. The molecule has 0 atom stereocenters. The number of carbonyl (C=O) groups excluding carboxylic acids is 1. The number of hydrogen-bond donors (Lipinski definition) is 2. The lowest BCUT2D eigenvalue weighted by molar-refractivity contribution is 0.129. The number of fused-ring (bicyclic) bond motifs is 1. The van der Waals surface area contributed by atoms with Gasteiger partial charge in [0, 0.05) is 29.7 Å². The van der Waals surface area contributed by atoms with Crippen LogP contribution >= 0.6 is 0 Å². The van der Waals surface area contributed by atoms with E-state index < -0.39 is 0 Å². The SMILES string of the molecule is CC1CN(C(=O)NCc2cc3cc(F)c(C(C)C)cc3[nH]2)C1. The average Bonchev–Trinajstić information content (AvgIpc) is 2.81. The number of aromatic nitrogens is 1. The summed E-state index contributed by atoms with van der Waals surface area (Å²) in [5.41, 5.74) is 2.50. The first-order chi connectivity index (χ1) is 10.4. The number of nitrogens with zero attached hydrogens (tertiary/aromatic N) is 1. The molecule has 0 unspecified atom stereocenters. The molecule has 2 aromatic rings. The summed E-state index contributed by atoms with van der Waals surface area (Å²) >= 11 is 0. The van der Waals surface area contributed by atoms with Gasteiger partial charge in [-0.15, -0.1) is 0 Å². The third-order valence-corrected chi connectivity index (χ3v) is 4.20. The number of nitrogens with one attached hydrogen (secondary N) is 2. The van der Waals surface area contributed by atoms with E-state index in [-0.39, 0.29) is 17.8 Å². The van der Waals surface area contributed by atoms with Crippen molar-refractivity contribution in [3.63, 3.8) is 0 Å². The molecule has 0 bridgehead atoms. The van der Waals surface area contributed by atoms with Crippen LogP contribution in [0.1, 0.15) is 37.9 Å². The third kappa shape index (κ3) is 2.80. The van der Waals surface area contributed by atoms with E-state index in [1.54, 1.807) is 11.0 Å². The quantitative estimate of drug-likeness (QED) is 0.894. The second-order valence-electron chi connectivity index (χ2n) is 6.58. The van der Waals surface area contributed by atoms with Crippen LogP contribution in [0.15, 0.2) is 18.2 Å². The Morgan fingerprint density at radius 1 is 1.41 bits per heavy atom. The summed E-state index contributed by atoms with van der Waals surface area (Å²) in [5, 5.41) is 3.73. The molecule has 1 aliphatic rings. The molecule has 1 aromatic heterocycles. The molecule has 2 heterocycles. The van der Waals surface area contributed by atoms with Crippen molar-refractivity contribution < 1.29 is 9.18 Å². The molecule has 0 aliphatic carbocycles. The van der Waals surface area contributed by atoms with Crippen molar-refractivity contribution >= 4 is 16.9 Å². The van der Waals surface area contributed by atoms with E-state index in [1.807, 2.05) is 26.0 Å². The van der Waals surface area contributed by atoms with Crippen molar-refractivity contribution in [1.82, 2.24) is 15.2 Å². The van der Waals surface area contributed by atoms with E-state index in [0.717, 1.165) is 29.7 Å². The fraction of sp³-hybridized carbons (Fsp3) is 0.471. The maximum Gasteiger partial charge on any atom is 0.317 e. The van der Waals surface area contributed by atoms with Crippen molar-refractivity contribution in [3.8, 4) is 0 Å². The first kappa shape index (κ1) is 14.9. The van der Waals surface area contributed by atoms with Gasteiger partial charge in [0.25, 0.3) is 0 Å². The molecule has 3 rings (SSSR count). The van der Waals surface area contributed by atoms with Gasteiger partial charge in [0.15, 0.2) is 0 Å². The maximum absolute atomic E-state index is 14.0. The summed E-state index contributed by atoms with van der Waals surface area (Å²) in [4.78, 5) is 17.0. The van der Waals surface area contributed by atoms with E-state index in [1.165, 1.54) is 0 Å². The van der Waals surface area contributed by atoms with E-state index in [9.17, 15) is 9.18 Å². The number of halogens is 1. The molecular formula is C17H22FN3O. The van der Waals surface area contributed by atoms with Gasteiger partial charge >= 0.3 is 6.03 Å². The minimum absolute atomic E-state index is 0.0363. The highest BCUT2D eigenvalue weighted by molar-refractivity contribution is 5.82. The largest absolute Gasteiger partial charge is 0.357 e. The standard InChI is InChI=1S/C17H22FN3O/c1-10(2)14-6-16-12(5-15(14)18)4-13(20-16)7-19-17(22)21-8-11(3)9-21/h4-6,10-11,20H,7-9H2,1-3H3,(H,19,22). The molecule has 0 radical (unpaired) electrons.